The molecule has 2 N–H and O–H groups in total. The summed E-state index contributed by atoms with van der Waals surface area (Å²) < 4.78 is 4.43. The van der Waals surface area contributed by atoms with Crippen molar-refractivity contribution in [2.45, 2.75) is 45.2 Å². The minimum Gasteiger partial charge on any atom is -0.373 e. The summed E-state index contributed by atoms with van der Waals surface area (Å²) in [4.78, 5) is 31.7. The van der Waals surface area contributed by atoms with Crippen LogP contribution in [-0.2, 0) is 35.5 Å². The number of fused-ring (bicyclic) bond motifs is 9. The van der Waals surface area contributed by atoms with Gasteiger partial charge in [-0.3, -0.25) is 14.9 Å². The number of anilines is 1. The summed E-state index contributed by atoms with van der Waals surface area (Å²) in [5.74, 6) is 0.287. The molecule has 0 saturated heterocycles. The largest absolute Gasteiger partial charge is 0.373 e. The number of aryl methyl sites for hydroxylation is 4. The highest BCUT2D eigenvalue weighted by Crippen LogP contribution is 2.39. The first-order chi connectivity index (χ1) is 19.6. The van der Waals surface area contributed by atoms with E-state index in [9.17, 15) is 9.59 Å². The second kappa shape index (κ2) is 9.83. The SMILES string of the molecule is CNc1nc2ccc1CCCCn1cc(c3ccccc31)C1=C(C(=O)NC1=O)c1cn(c3ccccc13)CCC2. The van der Waals surface area contributed by atoms with Gasteiger partial charge in [-0.1, -0.05) is 42.5 Å². The molecule has 0 radical (unpaired) electrons. The van der Waals surface area contributed by atoms with Gasteiger partial charge in [-0.25, -0.2) is 4.98 Å². The lowest BCUT2D eigenvalue weighted by Crippen LogP contribution is -2.22. The zero-order chi connectivity index (χ0) is 27.2. The summed E-state index contributed by atoms with van der Waals surface area (Å²) in [5.41, 5.74) is 6.93. The minimum absolute atomic E-state index is 0.335. The van der Waals surface area contributed by atoms with Crippen LogP contribution in [-0.4, -0.2) is 33.0 Å². The lowest BCUT2D eigenvalue weighted by molar-refractivity contribution is -0.122. The molecule has 3 aliphatic rings. The van der Waals surface area contributed by atoms with Crippen LogP contribution in [0.3, 0.4) is 0 Å². The van der Waals surface area contributed by atoms with Crippen LogP contribution in [0.1, 0.15) is 41.6 Å². The number of benzene rings is 2. The number of nitrogens with zero attached hydrogens (tertiary/aromatic N) is 3. The van der Waals surface area contributed by atoms with Gasteiger partial charge in [0.2, 0.25) is 0 Å². The molecule has 6 bridgehead atoms. The molecule has 0 saturated carbocycles. The van der Waals surface area contributed by atoms with E-state index in [1.807, 2.05) is 49.6 Å². The molecule has 0 atom stereocenters. The smallest absolute Gasteiger partial charge is 0.259 e. The molecule has 6 heterocycles. The highest BCUT2D eigenvalue weighted by Gasteiger charge is 2.35. The van der Waals surface area contributed by atoms with Gasteiger partial charge in [-0.05, 0) is 55.9 Å². The van der Waals surface area contributed by atoms with Gasteiger partial charge in [0.05, 0.1) is 11.1 Å². The quantitative estimate of drug-likeness (QED) is 0.278. The topological polar surface area (TPSA) is 81.0 Å². The number of carbonyl (C=O) groups is 2. The summed E-state index contributed by atoms with van der Waals surface area (Å²) >= 11 is 0. The van der Waals surface area contributed by atoms with E-state index in [1.165, 1.54) is 5.56 Å². The molecular formula is C33H31N5O2. The molecule has 0 spiro atoms. The molecule has 8 rings (SSSR count). The van der Waals surface area contributed by atoms with Crippen molar-refractivity contribution in [3.63, 3.8) is 0 Å². The summed E-state index contributed by atoms with van der Waals surface area (Å²) in [6.07, 6.45) is 8.79. The number of hydrogen-bond acceptors (Lipinski definition) is 4. The fourth-order valence-electron chi connectivity index (χ4n) is 6.35. The maximum atomic E-state index is 13.4. The number of hydrogen-bond donors (Lipinski definition) is 2. The summed E-state index contributed by atoms with van der Waals surface area (Å²) in [7, 11) is 1.94. The fraction of sp³-hybridized carbons (Fsp3) is 0.242. The van der Waals surface area contributed by atoms with Crippen LogP contribution in [0.15, 0.2) is 73.1 Å². The third-order valence-electron chi connectivity index (χ3n) is 8.25. The Balaban J connectivity index is 1.43. The first kappa shape index (κ1) is 24.4. The van der Waals surface area contributed by atoms with Crippen molar-refractivity contribution in [2.75, 3.05) is 12.4 Å². The highest BCUT2D eigenvalue weighted by molar-refractivity contribution is 6.50. The summed E-state index contributed by atoms with van der Waals surface area (Å²) in [6.45, 7) is 1.59. The predicted molar refractivity (Wildman–Crippen MR) is 159 cm³/mol. The van der Waals surface area contributed by atoms with Gasteiger partial charge in [0.1, 0.15) is 5.82 Å². The summed E-state index contributed by atoms with van der Waals surface area (Å²) in [5, 5.41) is 7.86. The van der Waals surface area contributed by atoms with E-state index in [-0.39, 0.29) is 11.8 Å². The van der Waals surface area contributed by atoms with Gasteiger partial charge in [0, 0.05) is 71.2 Å². The van der Waals surface area contributed by atoms with Crippen LogP contribution in [0, 0.1) is 0 Å². The Bertz CT molecular complexity index is 1840. The molecule has 7 nitrogen and oxygen atoms in total. The van der Waals surface area contributed by atoms with E-state index in [2.05, 4.69) is 50.2 Å². The third kappa shape index (κ3) is 4.01. The molecular weight excluding hydrogens is 498 g/mol. The van der Waals surface area contributed by atoms with E-state index >= 15 is 0 Å². The Hall–Kier alpha value is -4.65. The molecule has 7 heteroatoms. The Morgan fingerprint density at radius 1 is 0.725 bits per heavy atom. The zero-order valence-corrected chi connectivity index (χ0v) is 22.5. The van der Waals surface area contributed by atoms with Gasteiger partial charge in [0.25, 0.3) is 11.8 Å². The second-order valence-corrected chi connectivity index (χ2v) is 10.7. The van der Waals surface area contributed by atoms with Crippen LogP contribution in [0.5, 0.6) is 0 Å². The van der Waals surface area contributed by atoms with Crippen molar-refractivity contribution in [3.05, 3.63) is 95.4 Å². The van der Waals surface area contributed by atoms with Crippen molar-refractivity contribution >= 4 is 50.6 Å². The molecule has 40 heavy (non-hydrogen) atoms. The van der Waals surface area contributed by atoms with Crippen molar-refractivity contribution in [2.24, 2.45) is 0 Å². The van der Waals surface area contributed by atoms with Crippen LogP contribution in [0.4, 0.5) is 5.82 Å². The monoisotopic (exact) mass is 529 g/mol. The van der Waals surface area contributed by atoms with Crippen molar-refractivity contribution in [1.82, 2.24) is 19.4 Å². The van der Waals surface area contributed by atoms with Crippen LogP contribution in [0.2, 0.25) is 0 Å². The molecule has 0 aliphatic carbocycles. The van der Waals surface area contributed by atoms with E-state index in [1.54, 1.807) is 0 Å². The van der Waals surface area contributed by atoms with Crippen LogP contribution < -0.4 is 10.6 Å². The van der Waals surface area contributed by atoms with Crippen molar-refractivity contribution in [3.8, 4) is 0 Å². The molecule has 0 unspecified atom stereocenters. The maximum absolute atomic E-state index is 13.4. The zero-order valence-electron chi connectivity index (χ0n) is 22.5. The second-order valence-electron chi connectivity index (χ2n) is 10.7. The van der Waals surface area contributed by atoms with Crippen LogP contribution in [0.25, 0.3) is 33.0 Å². The normalized spacial score (nSPS) is 16.1. The number of para-hydroxylation sites is 2. The molecule has 3 aromatic heterocycles. The fourth-order valence-corrected chi connectivity index (χ4v) is 6.35. The maximum Gasteiger partial charge on any atom is 0.259 e. The number of imide groups is 1. The Kier molecular flexibility index (Phi) is 5.99. The minimum atomic E-state index is -0.339. The van der Waals surface area contributed by atoms with Gasteiger partial charge < -0.3 is 14.5 Å². The molecule has 2 amide bonds. The number of aromatic nitrogens is 3. The average molecular weight is 530 g/mol. The molecule has 3 aliphatic heterocycles. The van der Waals surface area contributed by atoms with Crippen LogP contribution >= 0.6 is 0 Å². The number of rotatable bonds is 1. The van der Waals surface area contributed by atoms with Crippen molar-refractivity contribution < 1.29 is 9.59 Å². The lowest BCUT2D eigenvalue weighted by atomic mass is 9.95. The van der Waals surface area contributed by atoms with E-state index in [4.69, 9.17) is 4.98 Å². The van der Waals surface area contributed by atoms with Gasteiger partial charge >= 0.3 is 0 Å². The highest BCUT2D eigenvalue weighted by atomic mass is 16.2. The first-order valence-corrected chi connectivity index (χ1v) is 14.1. The molecule has 2 aromatic carbocycles. The number of amides is 2. The van der Waals surface area contributed by atoms with E-state index in [0.29, 0.717) is 11.1 Å². The predicted octanol–water partition coefficient (Wildman–Crippen LogP) is 5.57. The first-order valence-electron chi connectivity index (χ1n) is 14.1. The van der Waals surface area contributed by atoms with E-state index in [0.717, 1.165) is 89.6 Å². The van der Waals surface area contributed by atoms with Gasteiger partial charge in [-0.2, -0.15) is 0 Å². The van der Waals surface area contributed by atoms with Gasteiger partial charge in [0.15, 0.2) is 0 Å². The number of pyridine rings is 1. The molecule has 0 fully saturated rings. The molecule has 5 aromatic rings. The number of carbonyl (C=O) groups excluding carboxylic acids is 2. The standard InChI is InChI=1S/C33H31N5O2/c1-34-31-21-9-6-7-17-37-19-25(23-11-2-4-13-27(23)37)29-30(33(40)36-32(29)39)26-20-38(28-14-5-3-12-24(26)28)18-8-10-22(35-31)16-15-21/h2-5,11-16,19-20H,6-10,17-18H2,1H3,(H,34,35)(H,36,39,40). The third-order valence-corrected chi connectivity index (χ3v) is 8.25. The lowest BCUT2D eigenvalue weighted by Gasteiger charge is -2.11. The Labute approximate surface area is 232 Å². The molecule has 200 valence electrons. The Morgan fingerprint density at radius 2 is 1.32 bits per heavy atom. The van der Waals surface area contributed by atoms with Gasteiger partial charge in [-0.15, -0.1) is 0 Å². The Morgan fingerprint density at radius 3 is 1.95 bits per heavy atom. The number of nitrogens with one attached hydrogen (secondary N) is 2. The van der Waals surface area contributed by atoms with Crippen molar-refractivity contribution in [1.29, 1.82) is 0 Å². The summed E-state index contributed by atoms with van der Waals surface area (Å²) in [6, 6.07) is 20.6. The van der Waals surface area contributed by atoms with E-state index < -0.39 is 0 Å². The average Bonchev–Trinajstić information content (AvgIpc) is 3.61.